The lowest BCUT2D eigenvalue weighted by Crippen LogP contribution is -2.52. The normalized spacial score (nSPS) is 10.8. The number of rotatable bonds is 2. The van der Waals surface area contributed by atoms with Crippen LogP contribution in [0.4, 0.5) is 0 Å². The molecule has 0 atom stereocenters. The summed E-state index contributed by atoms with van der Waals surface area (Å²) in [5.74, 6) is 5.28. The lowest BCUT2D eigenvalue weighted by molar-refractivity contribution is 0.251. The predicted molar refractivity (Wildman–Crippen MR) is 61.2 cm³/mol. The van der Waals surface area contributed by atoms with Gasteiger partial charge in [0.25, 0.3) is 0 Å². The predicted octanol–water partition coefficient (Wildman–Crippen LogP) is 1.41. The second-order valence-corrected chi connectivity index (χ2v) is 4.55. The maximum absolute atomic E-state index is 5.28. The van der Waals surface area contributed by atoms with Crippen molar-refractivity contribution < 1.29 is 0 Å². The van der Waals surface area contributed by atoms with Gasteiger partial charge in [0, 0.05) is 12.1 Å². The van der Waals surface area contributed by atoms with Crippen LogP contribution in [0.5, 0.6) is 0 Å². The molecule has 76 valence electrons. The van der Waals surface area contributed by atoms with Gasteiger partial charge in [0.05, 0.1) is 0 Å². The van der Waals surface area contributed by atoms with Crippen LogP contribution in [0.25, 0.3) is 0 Å². The van der Waals surface area contributed by atoms with Crippen molar-refractivity contribution in [1.82, 2.24) is 10.3 Å². The third-order valence-electron chi connectivity index (χ3n) is 1.61. The van der Waals surface area contributed by atoms with Crippen LogP contribution in [-0.4, -0.2) is 22.1 Å². The fourth-order valence-electron chi connectivity index (χ4n) is 0.961. The summed E-state index contributed by atoms with van der Waals surface area (Å²) >= 11 is 5.09. The molecule has 0 aliphatic rings. The molecule has 4 heteroatoms. The maximum Gasteiger partial charge on any atom is 0.183 e. The highest BCUT2D eigenvalue weighted by atomic mass is 32.1. The zero-order valence-corrected chi connectivity index (χ0v) is 9.66. The van der Waals surface area contributed by atoms with E-state index in [9.17, 15) is 0 Å². The lowest BCUT2D eigenvalue weighted by Gasteiger charge is -2.37. The Bertz CT molecular complexity index is 205. The number of hydrazine groups is 1. The van der Waals surface area contributed by atoms with Crippen molar-refractivity contribution >= 4 is 17.3 Å². The first kappa shape index (κ1) is 12.4. The Balaban J connectivity index is 4.56. The van der Waals surface area contributed by atoms with Crippen molar-refractivity contribution in [3.8, 4) is 0 Å². The summed E-state index contributed by atoms with van der Waals surface area (Å²) in [6, 6.07) is 0. The maximum atomic E-state index is 5.28. The highest BCUT2D eigenvalue weighted by molar-refractivity contribution is 7.80. The lowest BCUT2D eigenvalue weighted by atomic mass is 10.1. The number of nitrogens with two attached hydrogens (primary N) is 1. The zero-order chi connectivity index (χ0) is 10.6. The average Bonchev–Trinajstić information content (AvgIpc) is 1.96. The number of hydrogen-bond acceptors (Lipinski definition) is 2. The van der Waals surface area contributed by atoms with E-state index in [1.54, 1.807) is 0 Å². The van der Waals surface area contributed by atoms with Crippen LogP contribution in [-0.2, 0) is 0 Å². The highest BCUT2D eigenvalue weighted by Crippen LogP contribution is 2.14. The monoisotopic (exact) mass is 201 g/mol. The van der Waals surface area contributed by atoms with Crippen molar-refractivity contribution in [2.75, 3.05) is 6.54 Å². The molecule has 3 nitrogen and oxygen atoms in total. The Morgan fingerprint density at radius 1 is 1.54 bits per heavy atom. The minimum absolute atomic E-state index is 0.0393. The molecule has 0 aromatic rings. The molecule has 0 rings (SSSR count). The van der Waals surface area contributed by atoms with E-state index in [0.717, 1.165) is 12.1 Å². The van der Waals surface area contributed by atoms with Gasteiger partial charge in [-0.2, -0.15) is 0 Å². The highest BCUT2D eigenvalue weighted by Gasteiger charge is 2.22. The molecular weight excluding hydrogens is 182 g/mol. The van der Waals surface area contributed by atoms with E-state index in [0.29, 0.717) is 5.11 Å². The molecule has 0 aliphatic carbocycles. The first-order valence-corrected chi connectivity index (χ1v) is 4.62. The van der Waals surface area contributed by atoms with Crippen LogP contribution >= 0.6 is 12.2 Å². The molecular formula is C9H19N3S. The summed E-state index contributed by atoms with van der Waals surface area (Å²) in [7, 11) is 0. The Kier molecular flexibility index (Phi) is 4.36. The fourth-order valence-corrected chi connectivity index (χ4v) is 1.30. The first-order chi connectivity index (χ1) is 5.79. The van der Waals surface area contributed by atoms with Gasteiger partial charge in [0.15, 0.2) is 5.11 Å². The van der Waals surface area contributed by atoms with Crippen molar-refractivity contribution in [2.45, 2.75) is 33.2 Å². The molecule has 0 spiro atoms. The summed E-state index contributed by atoms with van der Waals surface area (Å²) in [5.41, 5.74) is 3.52. The van der Waals surface area contributed by atoms with E-state index in [1.807, 2.05) is 11.8 Å². The van der Waals surface area contributed by atoms with E-state index in [2.05, 4.69) is 32.8 Å². The van der Waals surface area contributed by atoms with Gasteiger partial charge in [-0.15, -0.1) is 0 Å². The van der Waals surface area contributed by atoms with E-state index in [4.69, 9.17) is 18.1 Å². The zero-order valence-electron chi connectivity index (χ0n) is 8.85. The minimum Gasteiger partial charge on any atom is -0.339 e. The van der Waals surface area contributed by atoms with Crippen LogP contribution in [0.3, 0.4) is 0 Å². The molecule has 0 unspecified atom stereocenters. The van der Waals surface area contributed by atoms with E-state index >= 15 is 0 Å². The molecule has 0 radical (unpaired) electrons. The quantitative estimate of drug-likeness (QED) is 0.307. The molecule has 0 fully saturated rings. The molecule has 0 saturated carbocycles. The summed E-state index contributed by atoms with van der Waals surface area (Å²) in [6.45, 7) is 12.8. The van der Waals surface area contributed by atoms with Crippen LogP contribution in [0.15, 0.2) is 12.2 Å². The van der Waals surface area contributed by atoms with Gasteiger partial charge in [-0.1, -0.05) is 12.2 Å². The first-order valence-electron chi connectivity index (χ1n) is 4.21. The van der Waals surface area contributed by atoms with E-state index in [-0.39, 0.29) is 5.54 Å². The van der Waals surface area contributed by atoms with Crippen molar-refractivity contribution in [1.29, 1.82) is 0 Å². The number of nitrogens with zero attached hydrogens (tertiary/aromatic N) is 1. The second-order valence-electron chi connectivity index (χ2n) is 4.16. The Morgan fingerprint density at radius 2 is 2.00 bits per heavy atom. The molecule has 0 aliphatic heterocycles. The van der Waals surface area contributed by atoms with Crippen molar-refractivity contribution in [3.05, 3.63) is 12.2 Å². The van der Waals surface area contributed by atoms with Gasteiger partial charge in [-0.05, 0) is 39.9 Å². The largest absolute Gasteiger partial charge is 0.339 e. The molecule has 0 saturated heterocycles. The van der Waals surface area contributed by atoms with Crippen molar-refractivity contribution in [3.63, 3.8) is 0 Å². The molecule has 0 aromatic heterocycles. The Labute approximate surface area is 85.9 Å². The smallest absolute Gasteiger partial charge is 0.183 e. The second kappa shape index (κ2) is 4.58. The number of nitrogens with one attached hydrogen (secondary N) is 1. The molecule has 3 N–H and O–H groups in total. The molecule has 0 heterocycles. The van der Waals surface area contributed by atoms with Gasteiger partial charge in [0.1, 0.15) is 0 Å². The van der Waals surface area contributed by atoms with Gasteiger partial charge in [0.2, 0.25) is 0 Å². The van der Waals surface area contributed by atoms with E-state index in [1.165, 1.54) is 0 Å². The third kappa shape index (κ3) is 4.24. The molecule has 13 heavy (non-hydrogen) atoms. The van der Waals surface area contributed by atoms with Crippen LogP contribution < -0.4 is 11.3 Å². The van der Waals surface area contributed by atoms with E-state index < -0.39 is 0 Å². The number of hydrogen-bond donors (Lipinski definition) is 2. The number of thiocarbonyl (C=S) groups is 1. The SMILES string of the molecule is C=C(C)CN(C(=S)NN)C(C)(C)C. The minimum atomic E-state index is -0.0393. The van der Waals surface area contributed by atoms with Gasteiger partial charge in [-0.3, -0.25) is 0 Å². The standard InChI is InChI=1S/C9H19N3S/c1-7(2)6-12(8(13)11-10)9(3,4)5/h1,6,10H2,2-5H3,(H,11,13). The molecule has 0 bridgehead atoms. The average molecular weight is 201 g/mol. The summed E-state index contributed by atoms with van der Waals surface area (Å²) in [4.78, 5) is 2.00. The van der Waals surface area contributed by atoms with Gasteiger partial charge >= 0.3 is 0 Å². The fraction of sp³-hybridized carbons (Fsp3) is 0.667. The summed E-state index contributed by atoms with van der Waals surface area (Å²) in [5, 5.41) is 0.551. The Morgan fingerprint density at radius 3 is 2.23 bits per heavy atom. The summed E-state index contributed by atoms with van der Waals surface area (Å²) < 4.78 is 0. The van der Waals surface area contributed by atoms with Crippen molar-refractivity contribution in [2.24, 2.45) is 5.84 Å². The van der Waals surface area contributed by atoms with Crippen LogP contribution in [0.2, 0.25) is 0 Å². The third-order valence-corrected chi connectivity index (χ3v) is 1.94. The van der Waals surface area contributed by atoms with Gasteiger partial charge < -0.3 is 10.3 Å². The van der Waals surface area contributed by atoms with Gasteiger partial charge in [-0.25, -0.2) is 5.84 Å². The topological polar surface area (TPSA) is 41.3 Å². The Hall–Kier alpha value is -0.610. The molecule has 0 amide bonds. The molecule has 0 aromatic carbocycles. The van der Waals surface area contributed by atoms with Crippen LogP contribution in [0.1, 0.15) is 27.7 Å². The van der Waals surface area contributed by atoms with Crippen LogP contribution in [0, 0.1) is 0 Å². The summed E-state index contributed by atoms with van der Waals surface area (Å²) in [6.07, 6.45) is 0.